The predicted octanol–water partition coefficient (Wildman–Crippen LogP) is 3.81. The molecule has 0 saturated carbocycles. The number of aromatic nitrogens is 1. The van der Waals surface area contributed by atoms with Crippen LogP contribution in [0.5, 0.6) is 0 Å². The number of nitrogens with one attached hydrogen (secondary N) is 1. The largest absolute Gasteiger partial charge is 0.295 e. The van der Waals surface area contributed by atoms with E-state index >= 15 is 0 Å². The zero-order valence-corrected chi connectivity index (χ0v) is 14.4. The third kappa shape index (κ3) is 3.52. The van der Waals surface area contributed by atoms with Crippen molar-refractivity contribution in [1.29, 1.82) is 0 Å². The lowest BCUT2D eigenvalue weighted by atomic mass is 10.2. The number of Topliss-reactive ketones (excluding diaryl/α,β-unsaturated/α-hetero) is 1. The number of hydrogen-bond acceptors (Lipinski definition) is 5. The van der Waals surface area contributed by atoms with Crippen LogP contribution >= 0.6 is 11.3 Å². The van der Waals surface area contributed by atoms with E-state index in [-0.39, 0.29) is 15.8 Å². The quantitative estimate of drug-likeness (QED) is 0.704. The lowest BCUT2D eigenvalue weighted by Crippen LogP contribution is -2.13. The van der Waals surface area contributed by atoms with Gasteiger partial charge in [0.1, 0.15) is 0 Å². The Hall–Kier alpha value is -2.51. The highest BCUT2D eigenvalue weighted by Crippen LogP contribution is 2.26. The highest BCUT2D eigenvalue weighted by Gasteiger charge is 2.17. The Kier molecular flexibility index (Phi) is 4.46. The van der Waals surface area contributed by atoms with E-state index in [4.69, 9.17) is 0 Å². The topological polar surface area (TPSA) is 76.1 Å². The molecule has 0 spiro atoms. The van der Waals surface area contributed by atoms with E-state index in [1.165, 1.54) is 30.4 Å². The van der Waals surface area contributed by atoms with E-state index in [1.54, 1.807) is 17.5 Å². The number of sulfonamides is 1. The van der Waals surface area contributed by atoms with E-state index in [9.17, 15) is 13.2 Å². The van der Waals surface area contributed by atoms with E-state index in [0.29, 0.717) is 11.3 Å². The number of nitrogens with zero attached hydrogens (tertiary/aromatic N) is 1. The van der Waals surface area contributed by atoms with Crippen LogP contribution in [0.1, 0.15) is 17.3 Å². The molecule has 0 radical (unpaired) electrons. The van der Waals surface area contributed by atoms with E-state index < -0.39 is 10.0 Å². The van der Waals surface area contributed by atoms with Crippen molar-refractivity contribution in [2.45, 2.75) is 11.8 Å². The Balaban J connectivity index is 1.87. The van der Waals surface area contributed by atoms with Crippen molar-refractivity contribution in [3.05, 3.63) is 65.5 Å². The van der Waals surface area contributed by atoms with Gasteiger partial charge in [0, 0.05) is 16.5 Å². The minimum Gasteiger partial charge on any atom is -0.295 e. The molecule has 5 nitrogen and oxygen atoms in total. The smallest absolute Gasteiger partial charge is 0.263 e. The van der Waals surface area contributed by atoms with Crippen molar-refractivity contribution in [2.75, 3.05) is 4.72 Å². The number of carbonyl (C=O) groups excluding carboxylic acids is 1. The first kappa shape index (κ1) is 16.4. The van der Waals surface area contributed by atoms with Crippen molar-refractivity contribution < 1.29 is 13.2 Å². The molecule has 0 unspecified atom stereocenters. The fraction of sp³-hybridized carbons (Fsp3) is 0.0588. The average molecular weight is 358 g/mol. The van der Waals surface area contributed by atoms with Gasteiger partial charge in [0.05, 0.1) is 10.6 Å². The molecule has 1 N–H and O–H groups in total. The van der Waals surface area contributed by atoms with Gasteiger partial charge in [-0.15, -0.1) is 11.3 Å². The first-order chi connectivity index (χ1) is 11.5. The van der Waals surface area contributed by atoms with Crippen LogP contribution in [0, 0.1) is 0 Å². The minimum atomic E-state index is -3.79. The first-order valence-corrected chi connectivity index (χ1v) is 9.47. The summed E-state index contributed by atoms with van der Waals surface area (Å²) < 4.78 is 27.4. The monoisotopic (exact) mass is 358 g/mol. The van der Waals surface area contributed by atoms with Gasteiger partial charge in [-0.1, -0.05) is 42.5 Å². The summed E-state index contributed by atoms with van der Waals surface area (Å²) >= 11 is 1.21. The van der Waals surface area contributed by atoms with Crippen LogP contribution in [-0.2, 0) is 10.0 Å². The number of benzene rings is 2. The van der Waals surface area contributed by atoms with Gasteiger partial charge in [0.2, 0.25) is 0 Å². The second kappa shape index (κ2) is 6.54. The molecule has 3 rings (SSSR count). The molecule has 1 aromatic heterocycles. The first-order valence-electron chi connectivity index (χ1n) is 7.10. The van der Waals surface area contributed by atoms with E-state index in [0.717, 1.165) is 5.56 Å². The van der Waals surface area contributed by atoms with Gasteiger partial charge in [-0.25, -0.2) is 13.4 Å². The third-order valence-corrected chi connectivity index (χ3v) is 5.57. The molecule has 0 aliphatic heterocycles. The van der Waals surface area contributed by atoms with Gasteiger partial charge < -0.3 is 0 Å². The highest BCUT2D eigenvalue weighted by molar-refractivity contribution is 7.93. The summed E-state index contributed by atoms with van der Waals surface area (Å²) in [5.41, 5.74) is 1.97. The van der Waals surface area contributed by atoms with Crippen molar-refractivity contribution in [2.24, 2.45) is 0 Å². The third-order valence-electron chi connectivity index (χ3n) is 3.35. The highest BCUT2D eigenvalue weighted by atomic mass is 32.2. The zero-order valence-electron chi connectivity index (χ0n) is 12.8. The van der Waals surface area contributed by atoms with Crippen LogP contribution in [0.3, 0.4) is 0 Å². The summed E-state index contributed by atoms with van der Waals surface area (Å²) in [4.78, 5) is 15.8. The van der Waals surface area contributed by atoms with Gasteiger partial charge in [0.15, 0.2) is 10.9 Å². The summed E-state index contributed by atoms with van der Waals surface area (Å²) in [6.45, 7) is 1.39. The fourth-order valence-electron chi connectivity index (χ4n) is 2.12. The van der Waals surface area contributed by atoms with Crippen LogP contribution in [-0.4, -0.2) is 19.2 Å². The number of rotatable bonds is 5. The lowest BCUT2D eigenvalue weighted by molar-refractivity contribution is 0.101. The Labute approximate surface area is 144 Å². The molecule has 7 heteroatoms. The standard InChI is InChI=1S/C17H14N2O3S2/c1-12(20)14-8-5-9-15(10-14)24(21,22)19-17-18-16(11-23-17)13-6-3-2-4-7-13/h2-11H,1H3,(H,18,19). The molecular weight excluding hydrogens is 344 g/mol. The molecule has 122 valence electrons. The zero-order chi connectivity index (χ0) is 17.2. The maximum Gasteiger partial charge on any atom is 0.263 e. The molecule has 0 atom stereocenters. The molecule has 1 heterocycles. The van der Waals surface area contributed by atoms with E-state index in [2.05, 4.69) is 9.71 Å². The number of carbonyl (C=O) groups is 1. The van der Waals surface area contributed by atoms with Gasteiger partial charge in [0.25, 0.3) is 10.0 Å². The molecule has 3 aromatic rings. The summed E-state index contributed by atoms with van der Waals surface area (Å²) in [5.74, 6) is -0.187. The molecule has 0 aliphatic rings. The Morgan fingerprint density at radius 2 is 1.83 bits per heavy atom. The molecule has 2 aromatic carbocycles. The second-order valence-electron chi connectivity index (χ2n) is 5.09. The molecule has 0 fully saturated rings. The maximum absolute atomic E-state index is 12.5. The minimum absolute atomic E-state index is 0.0339. The predicted molar refractivity (Wildman–Crippen MR) is 94.8 cm³/mol. The van der Waals surface area contributed by atoms with Gasteiger partial charge in [-0.2, -0.15) is 0 Å². The Morgan fingerprint density at radius 3 is 2.54 bits per heavy atom. The van der Waals surface area contributed by atoms with Gasteiger partial charge in [-0.05, 0) is 19.1 Å². The van der Waals surface area contributed by atoms with Gasteiger partial charge >= 0.3 is 0 Å². The second-order valence-corrected chi connectivity index (χ2v) is 7.63. The summed E-state index contributed by atoms with van der Waals surface area (Å²) in [6.07, 6.45) is 0. The number of anilines is 1. The molecule has 0 bridgehead atoms. The number of thiazole rings is 1. The van der Waals surface area contributed by atoms with Crippen LogP contribution in [0.15, 0.2) is 64.9 Å². The average Bonchev–Trinajstić information content (AvgIpc) is 3.03. The molecule has 24 heavy (non-hydrogen) atoms. The Morgan fingerprint density at radius 1 is 1.08 bits per heavy atom. The van der Waals surface area contributed by atoms with Crippen molar-refractivity contribution in [3.63, 3.8) is 0 Å². The van der Waals surface area contributed by atoms with Crippen molar-refractivity contribution in [1.82, 2.24) is 4.98 Å². The molecule has 0 saturated heterocycles. The summed E-state index contributed by atoms with van der Waals surface area (Å²) in [7, 11) is -3.79. The summed E-state index contributed by atoms with van der Waals surface area (Å²) in [5, 5.41) is 2.07. The fourth-order valence-corrected chi connectivity index (χ4v) is 4.14. The van der Waals surface area contributed by atoms with Crippen LogP contribution in [0.25, 0.3) is 11.3 Å². The molecule has 0 amide bonds. The van der Waals surface area contributed by atoms with Crippen molar-refractivity contribution in [3.8, 4) is 11.3 Å². The van der Waals surface area contributed by atoms with Crippen molar-refractivity contribution >= 4 is 32.3 Å². The Bertz CT molecular complexity index is 980. The molecule has 0 aliphatic carbocycles. The summed E-state index contributed by atoms with van der Waals surface area (Å²) in [6, 6.07) is 15.4. The van der Waals surface area contributed by atoms with Crippen LogP contribution in [0.2, 0.25) is 0 Å². The van der Waals surface area contributed by atoms with Crippen LogP contribution < -0.4 is 4.72 Å². The lowest BCUT2D eigenvalue weighted by Gasteiger charge is -2.06. The van der Waals surface area contributed by atoms with Crippen LogP contribution in [0.4, 0.5) is 5.13 Å². The number of ketones is 1. The molecular formula is C17H14N2O3S2. The SMILES string of the molecule is CC(=O)c1cccc(S(=O)(=O)Nc2nc(-c3ccccc3)cs2)c1. The normalized spacial score (nSPS) is 11.2. The number of hydrogen-bond donors (Lipinski definition) is 1. The van der Waals surface area contributed by atoms with Gasteiger partial charge in [-0.3, -0.25) is 9.52 Å². The maximum atomic E-state index is 12.5. The van der Waals surface area contributed by atoms with E-state index in [1.807, 2.05) is 30.3 Å².